The predicted octanol–water partition coefficient (Wildman–Crippen LogP) is -0.839. The van der Waals surface area contributed by atoms with E-state index in [9.17, 15) is 0 Å². The molecule has 1 heterocycles. The number of rotatable bonds is 0. The molecule has 0 bridgehead atoms. The summed E-state index contributed by atoms with van der Waals surface area (Å²) in [5, 5.41) is 0. The van der Waals surface area contributed by atoms with Crippen LogP contribution in [0.15, 0.2) is 0 Å². The zero-order valence-electron chi connectivity index (χ0n) is 3.31. The van der Waals surface area contributed by atoms with Crippen LogP contribution in [0.1, 0.15) is 0 Å². The summed E-state index contributed by atoms with van der Waals surface area (Å²) in [6.07, 6.45) is 0.931. The summed E-state index contributed by atoms with van der Waals surface area (Å²) in [7, 11) is 1.64. The average Bonchev–Trinajstić information content (AvgIpc) is 1.76. The fraction of sp³-hybridized carbons (Fsp3) is 1.00. The molecule has 0 aromatic rings. The molecular formula is C2H6BO3. The minimum absolute atomic E-state index is 0. The number of hydrogen-bond acceptors (Lipinski definition) is 2. The molecule has 0 aliphatic carbocycles. The molecule has 0 saturated carbocycles. The van der Waals surface area contributed by atoms with Gasteiger partial charge in [-0.1, -0.05) is 0 Å². The standard InChI is InChI=1S/C2H4BO2.H2O/c1-2-4-5-3-1;/h1-2H2;1H2. The fourth-order valence-electron chi connectivity index (χ4n) is 0.241. The highest BCUT2D eigenvalue weighted by Crippen LogP contribution is 1.91. The van der Waals surface area contributed by atoms with E-state index in [-0.39, 0.29) is 5.48 Å². The van der Waals surface area contributed by atoms with Crippen LogP contribution >= 0.6 is 0 Å². The summed E-state index contributed by atoms with van der Waals surface area (Å²) in [6.45, 7) is 0.722. The van der Waals surface area contributed by atoms with Gasteiger partial charge in [-0.05, 0) is 6.32 Å². The van der Waals surface area contributed by atoms with Gasteiger partial charge in [-0.2, -0.15) is 0 Å². The van der Waals surface area contributed by atoms with Gasteiger partial charge in [0.15, 0.2) is 0 Å². The third-order valence-corrected chi connectivity index (χ3v) is 0.455. The van der Waals surface area contributed by atoms with E-state index in [4.69, 9.17) is 0 Å². The first-order valence-electron chi connectivity index (χ1n) is 1.60. The molecule has 0 aromatic heterocycles. The molecule has 4 heteroatoms. The molecule has 1 rings (SSSR count). The lowest BCUT2D eigenvalue weighted by molar-refractivity contribution is -0.181. The molecule has 0 aromatic carbocycles. The minimum atomic E-state index is 0. The quantitative estimate of drug-likeness (QED) is 0.287. The van der Waals surface area contributed by atoms with Crippen LogP contribution in [0.2, 0.25) is 6.32 Å². The Bertz CT molecular complexity index is 20.4. The lowest BCUT2D eigenvalue weighted by Gasteiger charge is -1.79. The fourth-order valence-corrected chi connectivity index (χ4v) is 0.241. The van der Waals surface area contributed by atoms with E-state index >= 15 is 0 Å². The van der Waals surface area contributed by atoms with Crippen LogP contribution in [-0.4, -0.2) is 19.6 Å². The molecule has 0 unspecified atom stereocenters. The summed E-state index contributed by atoms with van der Waals surface area (Å²) >= 11 is 0. The Morgan fingerprint density at radius 3 is 2.50 bits per heavy atom. The lowest BCUT2D eigenvalue weighted by atomic mass is 9.99. The van der Waals surface area contributed by atoms with Crippen molar-refractivity contribution in [1.82, 2.24) is 0 Å². The molecule has 3 nitrogen and oxygen atoms in total. The van der Waals surface area contributed by atoms with E-state index in [0.29, 0.717) is 0 Å². The van der Waals surface area contributed by atoms with Gasteiger partial charge in [0.25, 0.3) is 0 Å². The minimum Gasteiger partial charge on any atom is -0.412 e. The SMILES string of the molecule is O.[B]1CCOO1. The van der Waals surface area contributed by atoms with Gasteiger partial charge < -0.3 is 10.3 Å². The predicted molar refractivity (Wildman–Crippen MR) is 21.2 cm³/mol. The van der Waals surface area contributed by atoms with Gasteiger partial charge in [-0.15, -0.1) is 0 Å². The second kappa shape index (κ2) is 3.15. The smallest absolute Gasteiger partial charge is 0.346 e. The molecule has 0 atom stereocenters. The highest BCUT2D eigenvalue weighted by Gasteiger charge is 2.00. The molecule has 35 valence electrons. The van der Waals surface area contributed by atoms with Crippen molar-refractivity contribution in [2.24, 2.45) is 0 Å². The highest BCUT2D eigenvalue weighted by atomic mass is 17.2. The van der Waals surface area contributed by atoms with Gasteiger partial charge >= 0.3 is 7.48 Å². The lowest BCUT2D eigenvalue weighted by Crippen LogP contribution is -1.78. The Morgan fingerprint density at radius 2 is 2.33 bits per heavy atom. The van der Waals surface area contributed by atoms with Crippen molar-refractivity contribution >= 4 is 7.48 Å². The summed E-state index contributed by atoms with van der Waals surface area (Å²) in [5.41, 5.74) is 0. The zero-order chi connectivity index (χ0) is 3.54. The maximum absolute atomic E-state index is 4.39. The Morgan fingerprint density at radius 1 is 1.50 bits per heavy atom. The molecule has 1 radical (unpaired) electrons. The Kier molecular flexibility index (Phi) is 3.12. The summed E-state index contributed by atoms with van der Waals surface area (Å²) in [5.74, 6) is 0. The van der Waals surface area contributed by atoms with Crippen LogP contribution < -0.4 is 0 Å². The van der Waals surface area contributed by atoms with Crippen LogP contribution in [0.25, 0.3) is 0 Å². The summed E-state index contributed by atoms with van der Waals surface area (Å²) in [6, 6.07) is 0. The van der Waals surface area contributed by atoms with Crippen LogP contribution in [0, 0.1) is 0 Å². The van der Waals surface area contributed by atoms with Gasteiger partial charge in [-0.3, -0.25) is 4.89 Å². The summed E-state index contributed by atoms with van der Waals surface area (Å²) < 4.78 is 0. The first-order valence-corrected chi connectivity index (χ1v) is 1.60. The third-order valence-electron chi connectivity index (χ3n) is 0.455. The molecule has 0 amide bonds. The van der Waals surface area contributed by atoms with E-state index in [1.54, 1.807) is 7.48 Å². The Labute approximate surface area is 36.8 Å². The van der Waals surface area contributed by atoms with Gasteiger partial charge in [0.2, 0.25) is 0 Å². The van der Waals surface area contributed by atoms with E-state index in [1.165, 1.54) is 0 Å². The molecule has 0 spiro atoms. The summed E-state index contributed by atoms with van der Waals surface area (Å²) in [4.78, 5) is 8.71. The van der Waals surface area contributed by atoms with E-state index in [2.05, 4.69) is 9.69 Å². The van der Waals surface area contributed by atoms with Crippen molar-refractivity contribution in [3.8, 4) is 0 Å². The highest BCUT2D eigenvalue weighted by molar-refractivity contribution is 6.27. The molecule has 1 saturated heterocycles. The first-order chi connectivity index (χ1) is 2.50. The van der Waals surface area contributed by atoms with Crippen LogP contribution in [-0.2, 0) is 9.69 Å². The van der Waals surface area contributed by atoms with Crippen molar-refractivity contribution < 1.29 is 15.2 Å². The largest absolute Gasteiger partial charge is 0.412 e. The molecule has 1 fully saturated rings. The van der Waals surface area contributed by atoms with Gasteiger partial charge in [0.05, 0.1) is 6.61 Å². The second-order valence-corrected chi connectivity index (χ2v) is 0.874. The molecule has 2 N–H and O–H groups in total. The van der Waals surface area contributed by atoms with E-state index < -0.39 is 0 Å². The first kappa shape index (κ1) is 5.94. The topological polar surface area (TPSA) is 50.0 Å². The normalized spacial score (nSPS) is 18.7. The van der Waals surface area contributed by atoms with Crippen molar-refractivity contribution in [1.29, 1.82) is 0 Å². The Balaban J connectivity index is 0.000000250. The van der Waals surface area contributed by atoms with Gasteiger partial charge in [-0.25, -0.2) is 0 Å². The van der Waals surface area contributed by atoms with Crippen LogP contribution in [0.4, 0.5) is 0 Å². The molecule has 1 aliphatic heterocycles. The zero-order valence-corrected chi connectivity index (χ0v) is 3.31. The monoisotopic (exact) mass is 89.0 g/mol. The van der Waals surface area contributed by atoms with Gasteiger partial charge in [0.1, 0.15) is 0 Å². The second-order valence-electron chi connectivity index (χ2n) is 0.874. The van der Waals surface area contributed by atoms with Crippen molar-refractivity contribution in [3.63, 3.8) is 0 Å². The van der Waals surface area contributed by atoms with Gasteiger partial charge in [0, 0.05) is 0 Å². The van der Waals surface area contributed by atoms with E-state index in [1.807, 2.05) is 0 Å². The third kappa shape index (κ3) is 1.40. The number of hydrogen-bond donors (Lipinski definition) is 0. The van der Waals surface area contributed by atoms with Crippen molar-refractivity contribution in [2.45, 2.75) is 6.32 Å². The van der Waals surface area contributed by atoms with Crippen molar-refractivity contribution in [3.05, 3.63) is 0 Å². The average molecular weight is 88.9 g/mol. The Hall–Kier alpha value is -0.0551. The van der Waals surface area contributed by atoms with Crippen LogP contribution in [0.3, 0.4) is 0 Å². The molecular weight excluding hydrogens is 82.8 g/mol. The van der Waals surface area contributed by atoms with Crippen molar-refractivity contribution in [2.75, 3.05) is 6.61 Å². The molecule has 6 heavy (non-hydrogen) atoms. The maximum Gasteiger partial charge on any atom is 0.346 e. The maximum atomic E-state index is 4.39. The van der Waals surface area contributed by atoms with E-state index in [0.717, 1.165) is 12.9 Å². The van der Waals surface area contributed by atoms with Crippen LogP contribution in [0.5, 0.6) is 0 Å². The molecule has 1 aliphatic rings.